The molecule has 1 aromatic carbocycles. The lowest BCUT2D eigenvalue weighted by atomic mass is 9.62. The van der Waals surface area contributed by atoms with Crippen molar-refractivity contribution < 1.29 is 4.79 Å². The molecule has 0 fully saturated rings. The fraction of sp³-hybridized carbons (Fsp3) is 0.571. The van der Waals surface area contributed by atoms with Crippen molar-refractivity contribution in [2.45, 2.75) is 71.6 Å². The Morgan fingerprint density at radius 3 is 2.26 bits per heavy atom. The number of amides is 1. The van der Waals surface area contributed by atoms with Crippen molar-refractivity contribution >= 4 is 5.91 Å². The summed E-state index contributed by atoms with van der Waals surface area (Å²) in [6, 6.07) is 4.64. The first-order chi connectivity index (χ1) is 10.6. The first-order valence-corrected chi connectivity index (χ1v) is 8.52. The van der Waals surface area contributed by atoms with Gasteiger partial charge in [-0.2, -0.15) is 0 Å². The molecule has 1 N–H and O–H groups in total. The maximum absolute atomic E-state index is 10.9. The lowest BCUT2D eigenvalue weighted by Crippen LogP contribution is -2.34. The number of fused-ring (bicyclic) bond motifs is 1. The molecule has 0 saturated heterocycles. The SMILES string of the molecule is CC(=O)NCCC#Cc1cc2c(cc1C)C(C)(C)CCC2(C)C. The summed E-state index contributed by atoms with van der Waals surface area (Å²) < 4.78 is 0. The second kappa shape index (κ2) is 6.40. The minimum atomic E-state index is 0.000687. The summed E-state index contributed by atoms with van der Waals surface area (Å²) in [7, 11) is 0. The van der Waals surface area contributed by atoms with Gasteiger partial charge in [0.2, 0.25) is 5.91 Å². The van der Waals surface area contributed by atoms with Gasteiger partial charge in [-0.25, -0.2) is 0 Å². The third-order valence-corrected chi connectivity index (χ3v) is 5.04. The van der Waals surface area contributed by atoms with Crippen LogP contribution < -0.4 is 5.32 Å². The van der Waals surface area contributed by atoms with Crippen molar-refractivity contribution in [1.82, 2.24) is 5.32 Å². The zero-order valence-corrected chi connectivity index (χ0v) is 15.4. The number of hydrogen-bond acceptors (Lipinski definition) is 1. The summed E-state index contributed by atoms with van der Waals surface area (Å²) in [6.45, 7) is 13.7. The van der Waals surface area contributed by atoms with Gasteiger partial charge in [0.25, 0.3) is 0 Å². The van der Waals surface area contributed by atoms with E-state index in [9.17, 15) is 4.79 Å². The maximum Gasteiger partial charge on any atom is 0.216 e. The monoisotopic (exact) mass is 311 g/mol. The van der Waals surface area contributed by atoms with Crippen molar-refractivity contribution in [3.8, 4) is 11.8 Å². The lowest BCUT2D eigenvalue weighted by molar-refractivity contribution is -0.118. The number of nitrogens with one attached hydrogen (secondary N) is 1. The van der Waals surface area contributed by atoms with E-state index in [0.29, 0.717) is 13.0 Å². The fourth-order valence-corrected chi connectivity index (χ4v) is 3.32. The second-order valence-electron chi connectivity index (χ2n) is 8.02. The summed E-state index contributed by atoms with van der Waals surface area (Å²) in [5, 5.41) is 2.78. The molecule has 0 saturated carbocycles. The van der Waals surface area contributed by atoms with Crippen molar-refractivity contribution in [1.29, 1.82) is 0 Å². The fourth-order valence-electron chi connectivity index (χ4n) is 3.32. The number of carbonyl (C=O) groups is 1. The van der Waals surface area contributed by atoms with Crippen LogP contribution in [0.4, 0.5) is 0 Å². The van der Waals surface area contributed by atoms with Crippen LogP contribution in [0.25, 0.3) is 0 Å². The number of carbonyl (C=O) groups excluding carboxylic acids is 1. The highest BCUT2D eigenvalue weighted by Gasteiger charge is 2.37. The van der Waals surface area contributed by atoms with Gasteiger partial charge in [0.1, 0.15) is 0 Å². The molecule has 1 amide bonds. The Hall–Kier alpha value is -1.75. The molecule has 0 heterocycles. The highest BCUT2D eigenvalue weighted by atomic mass is 16.1. The molecule has 0 unspecified atom stereocenters. The van der Waals surface area contributed by atoms with E-state index < -0.39 is 0 Å². The van der Waals surface area contributed by atoms with Crippen LogP contribution in [0.15, 0.2) is 12.1 Å². The maximum atomic E-state index is 10.9. The zero-order valence-electron chi connectivity index (χ0n) is 15.4. The summed E-state index contributed by atoms with van der Waals surface area (Å²) in [5.41, 5.74) is 5.76. The molecule has 0 radical (unpaired) electrons. The average molecular weight is 311 g/mol. The Bertz CT molecular complexity index is 671. The van der Waals surface area contributed by atoms with Crippen LogP contribution in [0, 0.1) is 18.8 Å². The molecular weight excluding hydrogens is 282 g/mol. The van der Waals surface area contributed by atoms with Gasteiger partial charge in [-0.3, -0.25) is 4.79 Å². The van der Waals surface area contributed by atoms with Crippen LogP contribution in [-0.2, 0) is 15.6 Å². The molecule has 124 valence electrons. The first-order valence-electron chi connectivity index (χ1n) is 8.52. The predicted octanol–water partition coefficient (Wildman–Crippen LogP) is 4.22. The summed E-state index contributed by atoms with van der Waals surface area (Å²) in [4.78, 5) is 10.9. The quantitative estimate of drug-likeness (QED) is 0.643. The van der Waals surface area contributed by atoms with E-state index >= 15 is 0 Å². The van der Waals surface area contributed by atoms with Crippen LogP contribution in [0.2, 0.25) is 0 Å². The molecule has 0 bridgehead atoms. The van der Waals surface area contributed by atoms with Gasteiger partial charge in [-0.05, 0) is 53.4 Å². The van der Waals surface area contributed by atoms with E-state index in [0.717, 1.165) is 5.56 Å². The van der Waals surface area contributed by atoms with Crippen LogP contribution >= 0.6 is 0 Å². The van der Waals surface area contributed by atoms with Crippen LogP contribution in [0.5, 0.6) is 0 Å². The highest BCUT2D eigenvalue weighted by Crippen LogP contribution is 2.46. The Morgan fingerprint density at radius 1 is 1.13 bits per heavy atom. The molecular formula is C21H29NO. The molecule has 23 heavy (non-hydrogen) atoms. The number of rotatable bonds is 2. The second-order valence-corrected chi connectivity index (χ2v) is 8.02. The Labute approximate surface area is 141 Å². The van der Waals surface area contributed by atoms with E-state index in [4.69, 9.17) is 0 Å². The van der Waals surface area contributed by atoms with Gasteiger partial charge in [0, 0.05) is 25.5 Å². The number of aryl methyl sites for hydroxylation is 1. The number of benzene rings is 1. The van der Waals surface area contributed by atoms with E-state index in [1.165, 1.54) is 36.5 Å². The predicted molar refractivity (Wildman–Crippen MR) is 96.6 cm³/mol. The smallest absolute Gasteiger partial charge is 0.216 e. The summed E-state index contributed by atoms with van der Waals surface area (Å²) >= 11 is 0. The van der Waals surface area contributed by atoms with Gasteiger partial charge in [0.15, 0.2) is 0 Å². The molecule has 1 aliphatic carbocycles. The van der Waals surface area contributed by atoms with E-state index in [-0.39, 0.29) is 16.7 Å². The van der Waals surface area contributed by atoms with Gasteiger partial charge in [-0.15, -0.1) is 0 Å². The minimum Gasteiger partial charge on any atom is -0.355 e. The third-order valence-electron chi connectivity index (χ3n) is 5.04. The van der Waals surface area contributed by atoms with Gasteiger partial charge < -0.3 is 5.32 Å². The lowest BCUT2D eigenvalue weighted by Gasteiger charge is -2.42. The molecule has 0 atom stereocenters. The topological polar surface area (TPSA) is 29.1 Å². The molecule has 1 aromatic rings. The normalized spacial score (nSPS) is 17.7. The van der Waals surface area contributed by atoms with E-state index in [1.54, 1.807) is 0 Å². The molecule has 2 rings (SSSR count). The molecule has 0 aromatic heterocycles. The molecule has 2 nitrogen and oxygen atoms in total. The molecule has 0 aliphatic heterocycles. The first kappa shape index (κ1) is 17.6. The highest BCUT2D eigenvalue weighted by molar-refractivity contribution is 5.72. The van der Waals surface area contributed by atoms with E-state index in [2.05, 4.69) is 63.9 Å². The summed E-state index contributed by atoms with van der Waals surface area (Å²) in [5.74, 6) is 6.49. The van der Waals surface area contributed by atoms with Crippen LogP contribution in [0.1, 0.15) is 76.1 Å². The number of hydrogen-bond donors (Lipinski definition) is 1. The molecule has 2 heteroatoms. The average Bonchev–Trinajstić information content (AvgIpc) is 2.44. The Kier molecular flexibility index (Phi) is 4.90. The van der Waals surface area contributed by atoms with Crippen LogP contribution in [-0.4, -0.2) is 12.5 Å². The van der Waals surface area contributed by atoms with Gasteiger partial charge in [0.05, 0.1) is 0 Å². The Morgan fingerprint density at radius 2 is 1.70 bits per heavy atom. The minimum absolute atomic E-state index is 0.000687. The molecule has 1 aliphatic rings. The zero-order chi connectivity index (χ0) is 17.3. The molecule has 0 spiro atoms. The van der Waals surface area contributed by atoms with Crippen molar-refractivity contribution in [3.63, 3.8) is 0 Å². The standard InChI is InChI=1S/C21H29NO/c1-15-13-18-19(21(5,6)11-10-20(18,3)4)14-17(15)9-7-8-12-22-16(2)23/h13-14H,8,10-12H2,1-6H3,(H,22,23). The van der Waals surface area contributed by atoms with Gasteiger partial charge in [-0.1, -0.05) is 45.6 Å². The van der Waals surface area contributed by atoms with Crippen LogP contribution in [0.3, 0.4) is 0 Å². The summed E-state index contributed by atoms with van der Waals surface area (Å²) in [6.07, 6.45) is 3.13. The van der Waals surface area contributed by atoms with Crippen molar-refractivity contribution in [3.05, 3.63) is 34.4 Å². The van der Waals surface area contributed by atoms with Gasteiger partial charge >= 0.3 is 0 Å². The van der Waals surface area contributed by atoms with Crippen molar-refractivity contribution in [2.75, 3.05) is 6.54 Å². The van der Waals surface area contributed by atoms with Crippen molar-refractivity contribution in [2.24, 2.45) is 0 Å². The third kappa shape index (κ3) is 3.96. The largest absolute Gasteiger partial charge is 0.355 e. The van der Waals surface area contributed by atoms with E-state index in [1.807, 2.05) is 0 Å². The Balaban J connectivity index is 2.31.